The lowest BCUT2D eigenvalue weighted by Gasteiger charge is -2.33. The molecule has 0 radical (unpaired) electrons. The van der Waals surface area contributed by atoms with E-state index in [4.69, 9.17) is 4.52 Å². The lowest BCUT2D eigenvalue weighted by atomic mass is 9.92. The van der Waals surface area contributed by atoms with Gasteiger partial charge >= 0.3 is 0 Å². The van der Waals surface area contributed by atoms with Gasteiger partial charge in [0.25, 0.3) is 0 Å². The van der Waals surface area contributed by atoms with Gasteiger partial charge in [-0.25, -0.2) is 0 Å². The van der Waals surface area contributed by atoms with Gasteiger partial charge in [-0.1, -0.05) is 19.0 Å². The zero-order chi connectivity index (χ0) is 17.5. The number of piperidine rings is 1. The average molecular weight is 333 g/mol. The predicted octanol–water partition coefficient (Wildman–Crippen LogP) is 1.99. The van der Waals surface area contributed by atoms with Crippen LogP contribution < -0.4 is 5.32 Å². The fourth-order valence-electron chi connectivity index (χ4n) is 3.66. The Morgan fingerprint density at radius 1 is 1.33 bits per heavy atom. The van der Waals surface area contributed by atoms with Crippen molar-refractivity contribution in [3.8, 4) is 0 Å². The van der Waals surface area contributed by atoms with Gasteiger partial charge in [-0.3, -0.25) is 9.59 Å². The normalized spacial score (nSPS) is 22.0. The van der Waals surface area contributed by atoms with E-state index in [-0.39, 0.29) is 23.1 Å². The van der Waals surface area contributed by atoms with Crippen molar-refractivity contribution in [1.82, 2.24) is 15.4 Å². The highest BCUT2D eigenvalue weighted by Crippen LogP contribution is 2.54. The Bertz CT molecular complexity index is 622. The highest BCUT2D eigenvalue weighted by molar-refractivity contribution is 5.80. The van der Waals surface area contributed by atoms with Crippen molar-refractivity contribution in [1.29, 1.82) is 0 Å². The van der Waals surface area contributed by atoms with E-state index >= 15 is 0 Å². The first-order valence-corrected chi connectivity index (χ1v) is 8.82. The molecule has 1 aromatic heterocycles. The molecule has 0 bridgehead atoms. The maximum absolute atomic E-state index is 12.5. The summed E-state index contributed by atoms with van der Waals surface area (Å²) >= 11 is 0. The number of rotatable bonds is 4. The zero-order valence-electron chi connectivity index (χ0n) is 15.0. The van der Waals surface area contributed by atoms with Crippen molar-refractivity contribution in [3.05, 3.63) is 17.0 Å². The lowest BCUT2D eigenvalue weighted by molar-refractivity contribution is -0.132. The van der Waals surface area contributed by atoms with Gasteiger partial charge in [0.05, 0.1) is 12.1 Å². The first kappa shape index (κ1) is 17.0. The number of nitrogens with one attached hydrogen (secondary N) is 1. The summed E-state index contributed by atoms with van der Waals surface area (Å²) in [5.41, 5.74) is 1.94. The topological polar surface area (TPSA) is 75.4 Å². The zero-order valence-corrected chi connectivity index (χ0v) is 15.0. The van der Waals surface area contributed by atoms with Crippen LogP contribution in [0, 0.1) is 25.2 Å². The quantitative estimate of drug-likeness (QED) is 0.914. The van der Waals surface area contributed by atoms with Crippen molar-refractivity contribution in [2.24, 2.45) is 11.3 Å². The van der Waals surface area contributed by atoms with E-state index in [1.165, 1.54) is 0 Å². The molecule has 24 heavy (non-hydrogen) atoms. The van der Waals surface area contributed by atoms with Gasteiger partial charge in [-0.05, 0) is 38.5 Å². The molecular weight excluding hydrogens is 306 g/mol. The molecule has 1 aliphatic heterocycles. The summed E-state index contributed by atoms with van der Waals surface area (Å²) in [7, 11) is 0. The average Bonchev–Trinajstić information content (AvgIpc) is 3.10. The molecule has 1 aromatic rings. The van der Waals surface area contributed by atoms with Crippen LogP contribution in [0.2, 0.25) is 0 Å². The maximum Gasteiger partial charge on any atom is 0.227 e. The first-order chi connectivity index (χ1) is 11.3. The van der Waals surface area contributed by atoms with Crippen LogP contribution in [-0.4, -0.2) is 41.0 Å². The summed E-state index contributed by atoms with van der Waals surface area (Å²) in [6.07, 6.45) is 3.37. The molecule has 1 atom stereocenters. The van der Waals surface area contributed by atoms with E-state index < -0.39 is 0 Å². The molecule has 2 fully saturated rings. The Morgan fingerprint density at radius 3 is 2.54 bits per heavy atom. The molecule has 2 heterocycles. The molecule has 1 saturated heterocycles. The van der Waals surface area contributed by atoms with Crippen LogP contribution >= 0.6 is 0 Å². The van der Waals surface area contributed by atoms with E-state index in [0.29, 0.717) is 12.5 Å². The number of aryl methyl sites for hydroxylation is 2. The standard InChI is InChI=1S/C18H27N3O3/c1-11(2)17(23)19-15-10-18(15)5-7-21(8-6-18)16(22)9-14-12(3)20-24-13(14)4/h11,15H,5-10H2,1-4H3,(H,19,23). The molecule has 2 aliphatic rings. The number of amides is 2. The lowest BCUT2D eigenvalue weighted by Crippen LogP contribution is -2.42. The summed E-state index contributed by atoms with van der Waals surface area (Å²) in [6.45, 7) is 9.10. The monoisotopic (exact) mass is 333 g/mol. The second kappa shape index (κ2) is 6.22. The third kappa shape index (κ3) is 3.19. The summed E-state index contributed by atoms with van der Waals surface area (Å²) < 4.78 is 5.14. The van der Waals surface area contributed by atoms with Gasteiger partial charge in [0.2, 0.25) is 11.8 Å². The number of aromatic nitrogens is 1. The van der Waals surface area contributed by atoms with Gasteiger partial charge in [0, 0.05) is 30.6 Å². The minimum absolute atomic E-state index is 0.0272. The van der Waals surface area contributed by atoms with E-state index in [2.05, 4.69) is 10.5 Å². The Hall–Kier alpha value is -1.85. The summed E-state index contributed by atoms with van der Waals surface area (Å²) in [5.74, 6) is 1.03. The number of hydrogen-bond acceptors (Lipinski definition) is 4. The van der Waals surface area contributed by atoms with Crippen LogP contribution in [0.1, 0.15) is 50.1 Å². The van der Waals surface area contributed by atoms with E-state index in [1.54, 1.807) is 0 Å². The molecule has 2 amide bonds. The highest BCUT2D eigenvalue weighted by atomic mass is 16.5. The van der Waals surface area contributed by atoms with Crippen molar-refractivity contribution < 1.29 is 14.1 Å². The Labute approximate surface area is 142 Å². The first-order valence-electron chi connectivity index (χ1n) is 8.82. The van der Waals surface area contributed by atoms with Gasteiger partial charge in [-0.15, -0.1) is 0 Å². The Kier molecular flexibility index (Phi) is 4.40. The third-order valence-corrected chi connectivity index (χ3v) is 5.65. The number of carbonyl (C=O) groups excluding carboxylic acids is 2. The van der Waals surface area contributed by atoms with Crippen LogP contribution in [0.15, 0.2) is 4.52 Å². The summed E-state index contributed by atoms with van der Waals surface area (Å²) in [4.78, 5) is 26.3. The molecule has 3 rings (SSSR count). The van der Waals surface area contributed by atoms with Gasteiger partial charge in [0.1, 0.15) is 5.76 Å². The van der Waals surface area contributed by atoms with E-state index in [9.17, 15) is 9.59 Å². The number of likely N-dealkylation sites (tertiary alicyclic amines) is 1. The summed E-state index contributed by atoms with van der Waals surface area (Å²) in [5, 5.41) is 7.06. The van der Waals surface area contributed by atoms with Crippen LogP contribution in [-0.2, 0) is 16.0 Å². The van der Waals surface area contributed by atoms with Crippen molar-refractivity contribution in [2.75, 3.05) is 13.1 Å². The van der Waals surface area contributed by atoms with Gasteiger partial charge in [-0.2, -0.15) is 0 Å². The minimum atomic E-state index is 0.0272. The van der Waals surface area contributed by atoms with Crippen molar-refractivity contribution in [2.45, 2.75) is 59.4 Å². The molecular formula is C18H27N3O3. The van der Waals surface area contributed by atoms with Crippen LogP contribution in [0.5, 0.6) is 0 Å². The highest BCUT2D eigenvalue weighted by Gasteiger charge is 2.55. The third-order valence-electron chi connectivity index (χ3n) is 5.65. The number of carbonyl (C=O) groups is 2. The molecule has 132 valence electrons. The van der Waals surface area contributed by atoms with Crippen LogP contribution in [0.4, 0.5) is 0 Å². The SMILES string of the molecule is Cc1noc(C)c1CC(=O)N1CCC2(CC1)CC2NC(=O)C(C)C. The van der Waals surface area contributed by atoms with Crippen molar-refractivity contribution >= 4 is 11.8 Å². The largest absolute Gasteiger partial charge is 0.361 e. The van der Waals surface area contributed by atoms with E-state index in [1.807, 2.05) is 32.6 Å². The van der Waals surface area contributed by atoms with Crippen molar-refractivity contribution in [3.63, 3.8) is 0 Å². The molecule has 1 N–H and O–H groups in total. The fourth-order valence-corrected chi connectivity index (χ4v) is 3.66. The predicted molar refractivity (Wildman–Crippen MR) is 89.3 cm³/mol. The molecule has 1 unspecified atom stereocenters. The maximum atomic E-state index is 12.5. The molecule has 1 spiro atoms. The number of hydrogen-bond donors (Lipinski definition) is 1. The Morgan fingerprint density at radius 2 is 2.00 bits per heavy atom. The summed E-state index contributed by atoms with van der Waals surface area (Å²) in [6, 6.07) is 0.298. The molecule has 6 nitrogen and oxygen atoms in total. The van der Waals surface area contributed by atoms with Crippen LogP contribution in [0.3, 0.4) is 0 Å². The van der Waals surface area contributed by atoms with Crippen LogP contribution in [0.25, 0.3) is 0 Å². The number of nitrogens with zero attached hydrogens (tertiary/aromatic N) is 2. The van der Waals surface area contributed by atoms with Gasteiger partial charge in [0.15, 0.2) is 0 Å². The molecule has 0 aromatic carbocycles. The minimum Gasteiger partial charge on any atom is -0.361 e. The molecule has 1 aliphatic carbocycles. The fraction of sp³-hybridized carbons (Fsp3) is 0.722. The molecule has 1 saturated carbocycles. The smallest absolute Gasteiger partial charge is 0.227 e. The van der Waals surface area contributed by atoms with E-state index in [0.717, 1.165) is 49.4 Å². The molecule has 6 heteroatoms. The Balaban J connectivity index is 1.51. The van der Waals surface area contributed by atoms with Gasteiger partial charge < -0.3 is 14.7 Å². The second-order valence-corrected chi connectivity index (χ2v) is 7.64. The second-order valence-electron chi connectivity index (χ2n) is 7.64.